The fourth-order valence-corrected chi connectivity index (χ4v) is 10.2. The summed E-state index contributed by atoms with van der Waals surface area (Å²) in [4.78, 5) is 26.8. The molecule has 1 atom stereocenters. The van der Waals surface area contributed by atoms with E-state index in [0.717, 1.165) is 50.0 Å². The van der Waals surface area contributed by atoms with Gasteiger partial charge in [-0.25, -0.2) is 26.8 Å². The Labute approximate surface area is 361 Å². The van der Waals surface area contributed by atoms with Crippen LogP contribution in [-0.2, 0) is 26.4 Å². The number of rotatable bonds is 17. The lowest BCUT2D eigenvalue weighted by Crippen LogP contribution is -2.46. The second-order valence-corrected chi connectivity index (χ2v) is 19.4. The average Bonchev–Trinajstić information content (AvgIpc) is 3.24. The van der Waals surface area contributed by atoms with Crippen LogP contribution in [0.3, 0.4) is 0 Å². The van der Waals surface area contributed by atoms with Gasteiger partial charge in [-0.05, 0) is 105 Å². The fourth-order valence-electron chi connectivity index (χ4n) is 7.50. The van der Waals surface area contributed by atoms with Crippen molar-refractivity contribution in [3.05, 3.63) is 142 Å². The predicted octanol–water partition coefficient (Wildman–Crippen LogP) is 7.58. The number of nitrogens with zero attached hydrogens (tertiary/aromatic N) is 6. The van der Waals surface area contributed by atoms with Crippen molar-refractivity contribution in [2.45, 2.75) is 35.2 Å². The molecule has 0 spiro atoms. The van der Waals surface area contributed by atoms with Gasteiger partial charge in [-0.2, -0.15) is 0 Å². The van der Waals surface area contributed by atoms with Gasteiger partial charge in [0.25, 0.3) is 15.7 Å². The molecule has 1 aliphatic heterocycles. The Morgan fingerprint density at radius 1 is 0.836 bits per heavy atom. The van der Waals surface area contributed by atoms with Crippen molar-refractivity contribution in [1.82, 2.24) is 19.8 Å². The highest BCUT2D eigenvalue weighted by molar-refractivity contribution is 7.92. The molecule has 61 heavy (non-hydrogen) atoms. The first kappa shape index (κ1) is 43.4. The number of halogens is 1. The van der Waals surface area contributed by atoms with E-state index in [-0.39, 0.29) is 27.0 Å². The summed E-state index contributed by atoms with van der Waals surface area (Å²) in [7, 11) is -4.33. The van der Waals surface area contributed by atoms with Crippen LogP contribution in [0.5, 0.6) is 0 Å². The third-order valence-electron chi connectivity index (χ3n) is 10.7. The predicted molar refractivity (Wildman–Crippen MR) is 242 cm³/mol. The van der Waals surface area contributed by atoms with Gasteiger partial charge in [0.15, 0.2) is 15.7 Å². The molecule has 1 aliphatic rings. The molecule has 14 nitrogen and oxygen atoms in total. The van der Waals surface area contributed by atoms with E-state index < -0.39 is 36.5 Å². The van der Waals surface area contributed by atoms with Gasteiger partial charge in [0, 0.05) is 60.9 Å². The molecule has 0 bridgehead atoms. The topological polar surface area (TPSA) is 171 Å². The number of sulfonamides is 1. The van der Waals surface area contributed by atoms with Gasteiger partial charge in [0.05, 0.1) is 26.0 Å². The molecule has 1 saturated heterocycles. The van der Waals surface area contributed by atoms with Gasteiger partial charge in [0.2, 0.25) is 0 Å². The lowest BCUT2D eigenvalue weighted by molar-refractivity contribution is -0.384. The monoisotopic (exact) mass is 882 g/mol. The number of piperazine rings is 1. The van der Waals surface area contributed by atoms with Gasteiger partial charge < -0.3 is 15.1 Å². The summed E-state index contributed by atoms with van der Waals surface area (Å²) in [6.45, 7) is 4.72. The maximum Gasteiger partial charge on any atom is 0.293 e. The van der Waals surface area contributed by atoms with Crippen molar-refractivity contribution in [3.8, 4) is 11.1 Å². The van der Waals surface area contributed by atoms with Gasteiger partial charge >= 0.3 is 0 Å². The number of hydrogen-bond acceptors (Lipinski definition) is 12. The molecule has 17 heteroatoms. The molecule has 1 unspecified atom stereocenters. The van der Waals surface area contributed by atoms with Crippen LogP contribution in [0.2, 0.25) is 5.02 Å². The summed E-state index contributed by atoms with van der Waals surface area (Å²) in [5, 5.41) is 16.6. The normalized spacial score (nSPS) is 14.3. The molecule has 318 valence electrons. The van der Waals surface area contributed by atoms with Crippen LogP contribution in [-0.4, -0.2) is 100 Å². The maximum absolute atomic E-state index is 13.8. The first-order valence-corrected chi connectivity index (χ1v) is 23.3. The number of sulfone groups is 1. The zero-order chi connectivity index (χ0) is 43.1. The Morgan fingerprint density at radius 3 is 2.28 bits per heavy atom. The van der Waals surface area contributed by atoms with Crippen LogP contribution >= 0.6 is 11.6 Å². The number of hydrogen-bond donors (Lipinski definition) is 2. The van der Waals surface area contributed by atoms with Crippen LogP contribution < -0.4 is 14.9 Å². The molecule has 0 aliphatic carbocycles. The first-order chi connectivity index (χ1) is 29.3. The van der Waals surface area contributed by atoms with Crippen LogP contribution in [0.25, 0.3) is 22.0 Å². The molecule has 7 rings (SSSR count). The summed E-state index contributed by atoms with van der Waals surface area (Å²) < 4.78 is 56.7. The second kappa shape index (κ2) is 19.0. The summed E-state index contributed by atoms with van der Waals surface area (Å²) in [6.07, 6.45) is 2.28. The van der Waals surface area contributed by atoms with Crippen molar-refractivity contribution in [2.24, 2.45) is 0 Å². The van der Waals surface area contributed by atoms with E-state index in [4.69, 9.17) is 11.6 Å². The lowest BCUT2D eigenvalue weighted by atomic mass is 9.99. The SMILES string of the molecule is CN(C)CCCC(CS(=O)(=O)c1ccccc1)Nc1ccc(S(=O)(=O)Nc2ncnc3cc(N4CCN(Cc5ccccc5-c5ccc(Cl)cc5)CC4)ccc23)cc1[N+](=O)[O-]. The summed E-state index contributed by atoms with van der Waals surface area (Å²) in [5.41, 5.74) is 4.50. The van der Waals surface area contributed by atoms with E-state index in [1.54, 1.807) is 24.3 Å². The molecular formula is C44H47ClN8O6S2. The number of nitrogens with one attached hydrogen (secondary N) is 2. The van der Waals surface area contributed by atoms with Crippen molar-refractivity contribution in [3.63, 3.8) is 0 Å². The Bertz CT molecular complexity index is 2720. The maximum atomic E-state index is 13.8. The van der Waals surface area contributed by atoms with Gasteiger partial charge in [-0.3, -0.25) is 19.7 Å². The zero-order valence-corrected chi connectivity index (χ0v) is 36.2. The minimum Gasteiger partial charge on any atom is -0.376 e. The van der Waals surface area contributed by atoms with Gasteiger partial charge in [-0.1, -0.05) is 66.2 Å². The molecule has 0 saturated carbocycles. The van der Waals surface area contributed by atoms with Crippen molar-refractivity contribution < 1.29 is 21.8 Å². The number of anilines is 3. The largest absolute Gasteiger partial charge is 0.376 e. The van der Waals surface area contributed by atoms with E-state index in [2.05, 4.69) is 48.0 Å². The summed E-state index contributed by atoms with van der Waals surface area (Å²) >= 11 is 6.14. The molecule has 1 aromatic heterocycles. The van der Waals surface area contributed by atoms with E-state index in [0.29, 0.717) is 35.3 Å². The Morgan fingerprint density at radius 2 is 1.56 bits per heavy atom. The van der Waals surface area contributed by atoms with Crippen LogP contribution in [0.15, 0.2) is 131 Å². The number of fused-ring (bicyclic) bond motifs is 1. The highest BCUT2D eigenvalue weighted by Crippen LogP contribution is 2.33. The summed E-state index contributed by atoms with van der Waals surface area (Å²) in [5.74, 6) is -0.291. The van der Waals surface area contributed by atoms with Crippen molar-refractivity contribution in [1.29, 1.82) is 0 Å². The molecule has 6 aromatic rings. The quantitative estimate of drug-likeness (QED) is 0.0681. The van der Waals surface area contributed by atoms with Crippen LogP contribution in [0.1, 0.15) is 18.4 Å². The van der Waals surface area contributed by atoms with Crippen LogP contribution in [0, 0.1) is 10.1 Å². The molecule has 2 heterocycles. The molecule has 0 radical (unpaired) electrons. The summed E-state index contributed by atoms with van der Waals surface area (Å²) in [6, 6.07) is 32.7. The molecular weight excluding hydrogens is 836 g/mol. The average molecular weight is 883 g/mol. The smallest absolute Gasteiger partial charge is 0.293 e. The first-order valence-electron chi connectivity index (χ1n) is 19.8. The Balaban J connectivity index is 1.04. The van der Waals surface area contributed by atoms with Crippen molar-refractivity contribution in [2.75, 3.05) is 67.5 Å². The standard InChI is InChI=1S/C44H47ClN8O6S2/c1-50(2)22-8-10-35(30-60(56,57)37-11-4-3-5-12-37)48-41-21-19-38(28-43(41)53(54)55)61(58,59)49-44-40-20-18-36(27-42(40)46-31-47-44)52-25-23-51(24-26-52)29-33-9-6-7-13-39(33)32-14-16-34(45)17-15-32/h3-7,9,11-21,27-28,31,35,48H,8,10,22-26,29-30H2,1-2H3,(H,46,47,49). The third kappa shape index (κ3) is 10.8. The minimum atomic E-state index is -4.38. The van der Waals surface area contributed by atoms with E-state index in [1.807, 2.05) is 61.5 Å². The molecule has 1 fully saturated rings. The zero-order valence-electron chi connectivity index (χ0n) is 33.8. The minimum absolute atomic E-state index is 0.00525. The number of aromatic nitrogens is 2. The number of nitro benzene ring substituents is 1. The Hall–Kier alpha value is -5.65. The van der Waals surface area contributed by atoms with Crippen LogP contribution in [0.4, 0.5) is 22.9 Å². The second-order valence-electron chi connectivity index (χ2n) is 15.3. The highest BCUT2D eigenvalue weighted by Gasteiger charge is 2.27. The van der Waals surface area contributed by atoms with Crippen molar-refractivity contribution >= 4 is 65.2 Å². The fraction of sp³-hybridized carbons (Fsp3) is 0.273. The van der Waals surface area contributed by atoms with E-state index >= 15 is 0 Å². The van der Waals surface area contributed by atoms with Gasteiger partial charge in [-0.15, -0.1) is 0 Å². The van der Waals surface area contributed by atoms with E-state index in [1.165, 1.54) is 41.7 Å². The molecule has 2 N–H and O–H groups in total. The highest BCUT2D eigenvalue weighted by atomic mass is 35.5. The number of benzene rings is 5. The van der Waals surface area contributed by atoms with E-state index in [9.17, 15) is 26.9 Å². The van der Waals surface area contributed by atoms with Gasteiger partial charge in [0.1, 0.15) is 12.0 Å². The molecule has 0 amide bonds. The third-order valence-corrected chi connectivity index (χ3v) is 14.1. The lowest BCUT2D eigenvalue weighted by Gasteiger charge is -2.36. The molecule has 5 aromatic carbocycles. The Kier molecular flexibility index (Phi) is 13.5. The number of nitro groups is 1.